The van der Waals surface area contributed by atoms with Gasteiger partial charge in [0.1, 0.15) is 25.2 Å². The molecule has 2 heterocycles. The number of H-pyrrole nitrogens is 1. The first-order chi connectivity index (χ1) is 22.2. The molecule has 0 aliphatic carbocycles. The number of nitrogens with one attached hydrogen (secondary N) is 3. The molecular formula is C34H37N5O7. The zero-order valence-corrected chi connectivity index (χ0v) is 26.2. The highest BCUT2D eigenvalue weighted by molar-refractivity contribution is 5.98. The van der Waals surface area contributed by atoms with Crippen LogP contribution in [0.3, 0.4) is 0 Å². The van der Waals surface area contributed by atoms with Gasteiger partial charge in [-0.15, -0.1) is 0 Å². The highest BCUT2D eigenvalue weighted by Gasteiger charge is 2.35. The fourth-order valence-corrected chi connectivity index (χ4v) is 5.69. The minimum Gasteiger partial charge on any atom is -0.493 e. The number of nitrogens with zero attached hydrogens (tertiary/aromatic N) is 2. The molecule has 12 heteroatoms. The Bertz CT molecular complexity index is 1710. The third kappa shape index (κ3) is 6.90. The van der Waals surface area contributed by atoms with E-state index in [4.69, 9.17) is 14.2 Å². The number of hydrogen-bond donors (Lipinski definition) is 3. The van der Waals surface area contributed by atoms with Crippen LogP contribution in [0.2, 0.25) is 0 Å². The summed E-state index contributed by atoms with van der Waals surface area (Å²) in [6, 6.07) is 18.2. The molecule has 1 aliphatic rings. The Morgan fingerprint density at radius 3 is 2.33 bits per heavy atom. The largest absolute Gasteiger partial charge is 0.493 e. The van der Waals surface area contributed by atoms with Crippen LogP contribution >= 0.6 is 0 Å². The van der Waals surface area contributed by atoms with E-state index in [0.29, 0.717) is 22.8 Å². The van der Waals surface area contributed by atoms with E-state index in [0.717, 1.165) is 22.0 Å². The molecule has 2 unspecified atom stereocenters. The number of likely N-dealkylation sites (N-methyl/N-ethyl adjacent to an activating group) is 1. The SMILES string of the molecule is COc1cc(CN(C)C(=O)C(Cc2c[nH]c3ccccc23)NC(=O)CN2CC(=O)NC(c3ccccc3)C2=O)cc(OC)c1OC. The maximum atomic E-state index is 14.0. The summed E-state index contributed by atoms with van der Waals surface area (Å²) in [6.07, 6.45) is 2.01. The first kappa shape index (κ1) is 31.9. The summed E-state index contributed by atoms with van der Waals surface area (Å²) in [7, 11) is 6.19. The van der Waals surface area contributed by atoms with Crippen molar-refractivity contribution in [1.29, 1.82) is 0 Å². The predicted octanol–water partition coefficient (Wildman–Crippen LogP) is 2.58. The van der Waals surface area contributed by atoms with Crippen LogP contribution in [0.4, 0.5) is 0 Å². The lowest BCUT2D eigenvalue weighted by molar-refractivity contribution is -0.147. The third-order valence-corrected chi connectivity index (χ3v) is 7.92. The zero-order chi connectivity index (χ0) is 32.8. The summed E-state index contributed by atoms with van der Waals surface area (Å²) >= 11 is 0. The molecule has 0 spiro atoms. The number of amides is 4. The normalized spacial score (nSPS) is 15.2. The van der Waals surface area contributed by atoms with Crippen molar-refractivity contribution in [2.24, 2.45) is 0 Å². The van der Waals surface area contributed by atoms with E-state index in [9.17, 15) is 19.2 Å². The van der Waals surface area contributed by atoms with Crippen molar-refractivity contribution in [3.05, 3.63) is 89.6 Å². The Balaban J connectivity index is 1.36. The number of methoxy groups -OCH3 is 3. The van der Waals surface area contributed by atoms with Crippen LogP contribution in [0, 0.1) is 0 Å². The van der Waals surface area contributed by atoms with Crippen LogP contribution in [0.15, 0.2) is 72.9 Å². The molecule has 240 valence electrons. The van der Waals surface area contributed by atoms with Gasteiger partial charge in [-0.05, 0) is 34.9 Å². The molecule has 1 fully saturated rings. The van der Waals surface area contributed by atoms with E-state index >= 15 is 0 Å². The molecule has 0 radical (unpaired) electrons. The van der Waals surface area contributed by atoms with Gasteiger partial charge in [-0.25, -0.2) is 0 Å². The van der Waals surface area contributed by atoms with Crippen molar-refractivity contribution in [1.82, 2.24) is 25.4 Å². The van der Waals surface area contributed by atoms with Gasteiger partial charge in [-0.3, -0.25) is 19.2 Å². The van der Waals surface area contributed by atoms with Gasteiger partial charge in [0.2, 0.25) is 23.5 Å². The summed E-state index contributed by atoms with van der Waals surface area (Å²) in [6.45, 7) is -0.471. The predicted molar refractivity (Wildman–Crippen MR) is 170 cm³/mol. The number of rotatable bonds is 12. The summed E-state index contributed by atoms with van der Waals surface area (Å²) in [4.78, 5) is 59.2. The minimum atomic E-state index is -0.975. The molecule has 12 nitrogen and oxygen atoms in total. The number of aromatic amines is 1. The Morgan fingerprint density at radius 1 is 0.978 bits per heavy atom. The first-order valence-electron chi connectivity index (χ1n) is 14.7. The second kappa shape index (κ2) is 14.1. The quantitative estimate of drug-likeness (QED) is 0.219. The van der Waals surface area contributed by atoms with Crippen LogP contribution in [-0.4, -0.2) is 85.9 Å². The van der Waals surface area contributed by atoms with E-state index < -0.39 is 23.9 Å². The molecule has 4 aromatic rings. The molecule has 0 saturated carbocycles. The van der Waals surface area contributed by atoms with Crippen LogP contribution in [0.5, 0.6) is 17.2 Å². The number of carbonyl (C=O) groups is 4. The molecule has 4 amide bonds. The van der Waals surface area contributed by atoms with Gasteiger partial charge in [0.05, 0.1) is 21.3 Å². The van der Waals surface area contributed by atoms with Crippen molar-refractivity contribution in [3.8, 4) is 17.2 Å². The minimum absolute atomic E-state index is 0.180. The first-order valence-corrected chi connectivity index (χ1v) is 14.7. The number of piperazine rings is 1. The van der Waals surface area contributed by atoms with Gasteiger partial charge in [0.15, 0.2) is 11.5 Å². The number of hydrogen-bond acceptors (Lipinski definition) is 7. The molecule has 1 aromatic heterocycles. The number of para-hydroxylation sites is 1. The summed E-state index contributed by atoms with van der Waals surface area (Å²) < 4.78 is 16.4. The van der Waals surface area contributed by atoms with Crippen LogP contribution in [0.1, 0.15) is 22.7 Å². The average molecular weight is 628 g/mol. The summed E-state index contributed by atoms with van der Waals surface area (Å²) in [5.74, 6) is -0.359. The van der Waals surface area contributed by atoms with E-state index in [-0.39, 0.29) is 37.9 Å². The van der Waals surface area contributed by atoms with Crippen molar-refractivity contribution < 1.29 is 33.4 Å². The van der Waals surface area contributed by atoms with Crippen molar-refractivity contribution in [2.75, 3.05) is 41.5 Å². The Hall–Kier alpha value is -5.52. The second-order valence-electron chi connectivity index (χ2n) is 11.0. The van der Waals surface area contributed by atoms with E-state index in [1.807, 2.05) is 36.5 Å². The maximum absolute atomic E-state index is 14.0. The van der Waals surface area contributed by atoms with Gasteiger partial charge < -0.3 is 39.6 Å². The lowest BCUT2D eigenvalue weighted by atomic mass is 10.0. The van der Waals surface area contributed by atoms with Gasteiger partial charge >= 0.3 is 0 Å². The van der Waals surface area contributed by atoms with Gasteiger partial charge in [-0.2, -0.15) is 0 Å². The highest BCUT2D eigenvalue weighted by Crippen LogP contribution is 2.38. The van der Waals surface area contributed by atoms with Crippen LogP contribution < -0.4 is 24.8 Å². The van der Waals surface area contributed by atoms with Gasteiger partial charge in [-0.1, -0.05) is 48.5 Å². The molecule has 2 atom stereocenters. The topological polar surface area (TPSA) is 142 Å². The summed E-state index contributed by atoms with van der Waals surface area (Å²) in [5.41, 5.74) is 3.08. The molecular weight excluding hydrogens is 590 g/mol. The number of aromatic nitrogens is 1. The molecule has 0 bridgehead atoms. The standard InChI is InChI=1S/C34H37N5O7/c1-38(18-21-14-27(44-2)32(46-4)28(15-21)45-3)33(42)26(16-23-17-35-25-13-9-8-12-24(23)25)36-29(40)19-39-20-30(41)37-31(34(39)43)22-10-6-5-7-11-22/h5-15,17,26,31,35H,16,18-20H2,1-4H3,(H,36,40)(H,37,41). The fourth-order valence-electron chi connectivity index (χ4n) is 5.69. The monoisotopic (exact) mass is 627 g/mol. The molecule has 1 saturated heterocycles. The average Bonchev–Trinajstić information content (AvgIpc) is 3.47. The number of carbonyl (C=O) groups excluding carboxylic acids is 4. The highest BCUT2D eigenvalue weighted by atomic mass is 16.5. The van der Waals surface area contributed by atoms with E-state index in [2.05, 4.69) is 15.6 Å². The molecule has 3 aromatic carbocycles. The molecule has 3 N–H and O–H groups in total. The van der Waals surface area contributed by atoms with E-state index in [1.165, 1.54) is 31.1 Å². The second-order valence-corrected chi connectivity index (χ2v) is 11.0. The van der Waals surface area contributed by atoms with Crippen molar-refractivity contribution in [3.63, 3.8) is 0 Å². The summed E-state index contributed by atoms with van der Waals surface area (Å²) in [5, 5.41) is 6.48. The fraction of sp³-hybridized carbons (Fsp3) is 0.294. The Morgan fingerprint density at radius 2 is 1.65 bits per heavy atom. The van der Waals surface area contributed by atoms with Crippen molar-refractivity contribution >= 4 is 34.5 Å². The molecule has 46 heavy (non-hydrogen) atoms. The lowest BCUT2D eigenvalue weighted by Gasteiger charge is -2.33. The molecule has 5 rings (SSSR count). The van der Waals surface area contributed by atoms with Gasteiger partial charge in [0, 0.05) is 37.1 Å². The number of fused-ring (bicyclic) bond motifs is 1. The maximum Gasteiger partial charge on any atom is 0.250 e. The smallest absolute Gasteiger partial charge is 0.250 e. The number of benzene rings is 3. The van der Waals surface area contributed by atoms with E-state index in [1.54, 1.807) is 43.4 Å². The Labute approximate surface area is 266 Å². The van der Waals surface area contributed by atoms with Crippen molar-refractivity contribution in [2.45, 2.75) is 25.0 Å². The third-order valence-electron chi connectivity index (χ3n) is 7.92. The lowest BCUT2D eigenvalue weighted by Crippen LogP contribution is -2.57. The van der Waals surface area contributed by atoms with Crippen LogP contribution in [0.25, 0.3) is 10.9 Å². The van der Waals surface area contributed by atoms with Gasteiger partial charge in [0.25, 0.3) is 5.91 Å². The van der Waals surface area contributed by atoms with Crippen LogP contribution in [-0.2, 0) is 32.1 Å². The number of ether oxygens (including phenoxy) is 3. The molecule has 1 aliphatic heterocycles. The Kier molecular flexibility index (Phi) is 9.75. The zero-order valence-electron chi connectivity index (χ0n) is 26.2.